The van der Waals surface area contributed by atoms with E-state index < -0.39 is 0 Å². The van der Waals surface area contributed by atoms with Crippen molar-refractivity contribution >= 4 is 5.88 Å². The molecule has 0 bridgehead atoms. The average molecular weight is 177 g/mol. The minimum Gasteiger partial charge on any atom is -0.362 e. The Morgan fingerprint density at radius 1 is 1.54 bits per heavy atom. The summed E-state index contributed by atoms with van der Waals surface area (Å²) in [5, 5.41) is 3.70. The number of rotatable bonds is 2. The summed E-state index contributed by atoms with van der Waals surface area (Å²) in [5.41, 5.74) is 6.42. The van der Waals surface area contributed by atoms with Gasteiger partial charge in [0.15, 0.2) is 0 Å². The summed E-state index contributed by atoms with van der Waals surface area (Å²) < 4.78 is 6.32. The van der Waals surface area contributed by atoms with Crippen LogP contribution in [0.2, 0.25) is 0 Å². The van der Waals surface area contributed by atoms with Gasteiger partial charge < -0.3 is 5.73 Å². The minimum absolute atomic E-state index is 0.309. The number of pyridine rings is 1. The smallest absolute Gasteiger partial charge is 0.293 e. The lowest BCUT2D eigenvalue weighted by Crippen LogP contribution is -2.35. The Balaban J connectivity index is 2.15. The summed E-state index contributed by atoms with van der Waals surface area (Å²) in [5.74, 6) is 0.309. The number of aromatic nitrogens is 3. The van der Waals surface area contributed by atoms with Crippen molar-refractivity contribution in [2.24, 2.45) is 0 Å². The summed E-state index contributed by atoms with van der Waals surface area (Å²) in [6.45, 7) is 0.620. The second kappa shape index (κ2) is 3.22. The van der Waals surface area contributed by atoms with Crippen LogP contribution in [0.5, 0.6) is 0 Å². The predicted molar refractivity (Wildman–Crippen MR) is 44.4 cm³/mol. The van der Waals surface area contributed by atoms with Crippen LogP contribution in [-0.4, -0.2) is 10.3 Å². The molecule has 2 N–H and O–H groups in total. The molecule has 0 saturated heterocycles. The Bertz CT molecular complexity index is 384. The van der Waals surface area contributed by atoms with Crippen LogP contribution in [0.15, 0.2) is 35.2 Å². The van der Waals surface area contributed by atoms with E-state index in [2.05, 4.69) is 10.3 Å². The first-order chi connectivity index (χ1) is 6.34. The number of nitrogens with two attached hydrogens (primary N) is 1. The number of nitrogen functional groups attached to an aromatic ring is 1. The Labute approximate surface area is 74.8 Å². The Hall–Kier alpha value is -1.91. The van der Waals surface area contributed by atoms with Crippen molar-refractivity contribution in [3.8, 4) is 0 Å². The fraction of sp³-hybridized carbons (Fsp3) is 0.125. The van der Waals surface area contributed by atoms with Crippen LogP contribution in [0, 0.1) is 0 Å². The van der Waals surface area contributed by atoms with Crippen molar-refractivity contribution in [2.75, 3.05) is 5.73 Å². The van der Waals surface area contributed by atoms with E-state index in [1.165, 1.54) is 0 Å². The third-order valence-electron chi connectivity index (χ3n) is 1.59. The molecule has 0 radical (unpaired) electrons. The van der Waals surface area contributed by atoms with Crippen molar-refractivity contribution in [3.63, 3.8) is 0 Å². The number of anilines is 1. The topological polar surface area (TPSA) is 68.8 Å². The summed E-state index contributed by atoms with van der Waals surface area (Å²) in [6, 6.07) is 3.84. The Morgan fingerprint density at radius 3 is 3.08 bits per heavy atom. The molecular weight excluding hydrogens is 168 g/mol. The zero-order valence-electron chi connectivity index (χ0n) is 6.92. The van der Waals surface area contributed by atoms with Gasteiger partial charge in [-0.25, -0.2) is 0 Å². The van der Waals surface area contributed by atoms with E-state index in [1.54, 1.807) is 23.3 Å². The van der Waals surface area contributed by atoms with Gasteiger partial charge >= 0.3 is 0 Å². The lowest BCUT2D eigenvalue weighted by Gasteiger charge is -1.88. The number of hydrogen-bond acceptors (Lipinski definition) is 4. The van der Waals surface area contributed by atoms with Gasteiger partial charge in [0.05, 0.1) is 0 Å². The molecule has 2 aromatic heterocycles. The van der Waals surface area contributed by atoms with E-state index >= 15 is 0 Å². The van der Waals surface area contributed by atoms with Crippen LogP contribution < -0.4 is 10.4 Å². The molecule has 2 rings (SSSR count). The summed E-state index contributed by atoms with van der Waals surface area (Å²) >= 11 is 0. The van der Waals surface area contributed by atoms with Gasteiger partial charge in [-0.05, 0) is 16.8 Å². The molecule has 0 fully saturated rings. The largest absolute Gasteiger partial charge is 0.362 e. The maximum Gasteiger partial charge on any atom is 0.293 e. The first kappa shape index (κ1) is 7.72. The average Bonchev–Trinajstić information content (AvgIpc) is 2.53. The molecule has 5 nitrogen and oxygen atoms in total. The van der Waals surface area contributed by atoms with E-state index in [0.29, 0.717) is 12.4 Å². The molecule has 0 aliphatic rings. The summed E-state index contributed by atoms with van der Waals surface area (Å²) in [7, 11) is 0. The molecule has 0 spiro atoms. The van der Waals surface area contributed by atoms with Gasteiger partial charge in [0, 0.05) is 18.0 Å². The molecule has 2 aromatic rings. The van der Waals surface area contributed by atoms with Gasteiger partial charge in [0.1, 0.15) is 0 Å². The molecule has 0 aliphatic heterocycles. The van der Waals surface area contributed by atoms with Crippen LogP contribution in [0.25, 0.3) is 0 Å². The van der Waals surface area contributed by atoms with Crippen molar-refractivity contribution < 1.29 is 9.20 Å². The molecule has 66 valence electrons. The molecular formula is C8H9N4O+. The van der Waals surface area contributed by atoms with Gasteiger partial charge in [0.25, 0.3) is 12.1 Å². The predicted octanol–water partition coefficient (Wildman–Crippen LogP) is -0.0124. The number of hydrogen-bond donors (Lipinski definition) is 1. The maximum atomic E-state index is 5.37. The maximum absolute atomic E-state index is 5.37. The molecule has 2 heterocycles. The Morgan fingerprint density at radius 2 is 2.46 bits per heavy atom. The van der Waals surface area contributed by atoms with Gasteiger partial charge in [0.2, 0.25) is 11.8 Å². The summed E-state index contributed by atoms with van der Waals surface area (Å²) in [4.78, 5) is 3.98. The molecule has 0 saturated carbocycles. The van der Waals surface area contributed by atoms with Gasteiger partial charge in [-0.15, -0.1) is 0 Å². The van der Waals surface area contributed by atoms with E-state index in [-0.39, 0.29) is 0 Å². The number of nitrogens with zero attached hydrogens (tertiary/aromatic N) is 3. The van der Waals surface area contributed by atoms with Gasteiger partial charge in [-0.1, -0.05) is 0 Å². The standard InChI is InChI=1S/C8H9N4O/c9-8-6-12(11-13-8)5-7-2-1-3-10-4-7/h1-4,6H,5,9H2/q+1. The van der Waals surface area contributed by atoms with Crippen molar-refractivity contribution in [1.82, 2.24) is 10.3 Å². The summed E-state index contributed by atoms with van der Waals surface area (Å²) in [6.07, 6.45) is 5.14. The van der Waals surface area contributed by atoms with E-state index in [9.17, 15) is 0 Å². The molecule has 0 atom stereocenters. The van der Waals surface area contributed by atoms with Crippen molar-refractivity contribution in [3.05, 3.63) is 36.3 Å². The normalized spacial score (nSPS) is 10.2. The van der Waals surface area contributed by atoms with Gasteiger partial charge in [-0.3, -0.25) is 9.51 Å². The second-order valence-electron chi connectivity index (χ2n) is 2.66. The highest BCUT2D eigenvalue weighted by Gasteiger charge is 2.08. The van der Waals surface area contributed by atoms with E-state index in [4.69, 9.17) is 10.3 Å². The molecule has 0 unspecified atom stereocenters. The highest BCUT2D eigenvalue weighted by atomic mass is 16.5. The van der Waals surface area contributed by atoms with Crippen LogP contribution in [0.1, 0.15) is 5.56 Å². The van der Waals surface area contributed by atoms with Crippen LogP contribution in [0.3, 0.4) is 0 Å². The minimum atomic E-state index is 0.309. The lowest BCUT2D eigenvalue weighted by molar-refractivity contribution is -0.754. The Kier molecular flexibility index (Phi) is 1.91. The van der Waals surface area contributed by atoms with Crippen molar-refractivity contribution in [2.45, 2.75) is 6.54 Å². The third kappa shape index (κ3) is 1.81. The lowest BCUT2D eigenvalue weighted by atomic mass is 10.3. The first-order valence-corrected chi connectivity index (χ1v) is 3.85. The first-order valence-electron chi connectivity index (χ1n) is 3.85. The SMILES string of the molecule is Nc1c[n+](Cc2cccnc2)no1. The monoisotopic (exact) mass is 177 g/mol. The zero-order chi connectivity index (χ0) is 9.10. The van der Waals surface area contributed by atoms with Crippen LogP contribution >= 0.6 is 0 Å². The molecule has 0 amide bonds. The van der Waals surface area contributed by atoms with Gasteiger partial charge in [-0.2, -0.15) is 0 Å². The van der Waals surface area contributed by atoms with Crippen molar-refractivity contribution in [1.29, 1.82) is 0 Å². The fourth-order valence-corrected chi connectivity index (χ4v) is 1.05. The molecule has 0 aromatic carbocycles. The van der Waals surface area contributed by atoms with E-state index in [0.717, 1.165) is 5.56 Å². The van der Waals surface area contributed by atoms with E-state index in [1.807, 2.05) is 12.1 Å². The third-order valence-corrected chi connectivity index (χ3v) is 1.59. The fourth-order valence-electron chi connectivity index (χ4n) is 1.05. The highest BCUT2D eigenvalue weighted by molar-refractivity contribution is 5.12. The second-order valence-corrected chi connectivity index (χ2v) is 2.66. The quantitative estimate of drug-likeness (QED) is 0.655. The molecule has 13 heavy (non-hydrogen) atoms. The zero-order valence-corrected chi connectivity index (χ0v) is 6.92. The highest BCUT2D eigenvalue weighted by Crippen LogP contribution is 1.96. The van der Waals surface area contributed by atoms with Crippen LogP contribution in [0.4, 0.5) is 5.88 Å². The molecule has 5 heteroatoms. The van der Waals surface area contributed by atoms with Crippen LogP contribution in [-0.2, 0) is 6.54 Å². The molecule has 0 aliphatic carbocycles.